The third-order valence-electron chi connectivity index (χ3n) is 6.07. The minimum atomic E-state index is 0.584. The van der Waals surface area contributed by atoms with Crippen LogP contribution in [0.1, 0.15) is 12.8 Å². The minimum absolute atomic E-state index is 0.584. The standard InChI is InChI=1S/C23H23NO3/c1-25-15-6-7-16-17-9-14-5-4-8-24(14)13-21(17)20-12-23(27-3)22(26-2)11-19(20)18(16)10-15/h6-7,9-14H,4-5,8H2,1-3H3/p+1. The van der Waals surface area contributed by atoms with Gasteiger partial charge in [-0.1, -0.05) is 6.07 Å². The van der Waals surface area contributed by atoms with Crippen molar-refractivity contribution in [3.05, 3.63) is 40.8 Å². The van der Waals surface area contributed by atoms with E-state index < -0.39 is 0 Å². The molecule has 1 saturated heterocycles. The molecule has 4 heteroatoms. The Morgan fingerprint density at radius 1 is 0.815 bits per heavy atom. The van der Waals surface area contributed by atoms with E-state index in [9.17, 15) is 0 Å². The Bertz CT molecular complexity index is 1180. The lowest BCUT2D eigenvalue weighted by molar-refractivity contribution is -0.820. The Balaban J connectivity index is 2.00. The van der Waals surface area contributed by atoms with Gasteiger partial charge in [0.25, 0.3) is 0 Å². The summed E-state index contributed by atoms with van der Waals surface area (Å²) in [5, 5.41) is 7.47. The summed E-state index contributed by atoms with van der Waals surface area (Å²) in [6, 6.07) is 11.2. The number of nitrogens with one attached hydrogen (secondary N) is 1. The van der Waals surface area contributed by atoms with Crippen molar-refractivity contribution in [2.75, 3.05) is 27.9 Å². The van der Waals surface area contributed by atoms with Gasteiger partial charge in [-0.3, -0.25) is 0 Å². The second kappa shape index (κ2) is 6.17. The molecule has 1 fully saturated rings. The highest BCUT2D eigenvalue weighted by Crippen LogP contribution is 2.34. The van der Waals surface area contributed by atoms with E-state index in [0.717, 1.165) is 17.2 Å². The minimum Gasteiger partial charge on any atom is -0.497 e. The van der Waals surface area contributed by atoms with Crippen molar-refractivity contribution >= 4 is 33.8 Å². The molecule has 0 saturated carbocycles. The molecule has 0 aliphatic carbocycles. The second-order valence-corrected chi connectivity index (χ2v) is 7.38. The van der Waals surface area contributed by atoms with Gasteiger partial charge in [-0.25, -0.2) is 0 Å². The SMILES string of the molecule is COc1ccc2c3c(c4cc(OC)c(OC)cc4c2c1)=C[NH+]1CCCC1C=3. The first kappa shape index (κ1) is 16.5. The molecular weight excluding hydrogens is 338 g/mol. The monoisotopic (exact) mass is 362 g/mol. The number of hydrogen-bond acceptors (Lipinski definition) is 3. The Morgan fingerprint density at radius 2 is 1.56 bits per heavy atom. The van der Waals surface area contributed by atoms with E-state index >= 15 is 0 Å². The highest BCUT2D eigenvalue weighted by Gasteiger charge is 2.28. The molecule has 2 atom stereocenters. The number of rotatable bonds is 3. The number of benzene rings is 3. The Hall–Kier alpha value is -2.72. The van der Waals surface area contributed by atoms with E-state index in [4.69, 9.17) is 14.2 Å². The lowest BCUT2D eigenvalue weighted by Crippen LogP contribution is -3.09. The summed E-state index contributed by atoms with van der Waals surface area (Å²) < 4.78 is 16.7. The number of quaternary nitrogens is 1. The van der Waals surface area contributed by atoms with E-state index in [1.54, 1.807) is 26.2 Å². The number of ether oxygens (including phenoxy) is 3. The number of hydrogen-bond donors (Lipinski definition) is 1. The molecule has 0 radical (unpaired) electrons. The van der Waals surface area contributed by atoms with Gasteiger partial charge in [-0.15, -0.1) is 0 Å². The maximum absolute atomic E-state index is 5.60. The van der Waals surface area contributed by atoms with Gasteiger partial charge in [0, 0.05) is 18.1 Å². The molecule has 0 spiro atoms. The van der Waals surface area contributed by atoms with Gasteiger partial charge < -0.3 is 19.1 Å². The average molecular weight is 362 g/mol. The lowest BCUT2D eigenvalue weighted by atomic mass is 9.94. The molecule has 2 aliphatic rings. The van der Waals surface area contributed by atoms with Crippen LogP contribution in [0.3, 0.4) is 0 Å². The maximum atomic E-state index is 5.60. The quantitative estimate of drug-likeness (QED) is 0.719. The van der Waals surface area contributed by atoms with Gasteiger partial charge in [0.15, 0.2) is 11.5 Å². The fourth-order valence-electron chi connectivity index (χ4n) is 4.71. The molecule has 3 aromatic carbocycles. The maximum Gasteiger partial charge on any atom is 0.161 e. The molecular formula is C23H24NO3+. The summed E-state index contributed by atoms with van der Waals surface area (Å²) in [5.41, 5.74) is 0. The summed E-state index contributed by atoms with van der Waals surface area (Å²) in [6.45, 7) is 1.20. The molecule has 0 amide bonds. The van der Waals surface area contributed by atoms with Crippen LogP contribution >= 0.6 is 0 Å². The molecule has 2 heterocycles. The summed E-state index contributed by atoms with van der Waals surface area (Å²) in [6.07, 6.45) is 7.43. The highest BCUT2D eigenvalue weighted by molar-refractivity contribution is 6.09. The smallest absolute Gasteiger partial charge is 0.161 e. The molecule has 27 heavy (non-hydrogen) atoms. The first-order chi connectivity index (χ1) is 13.2. The van der Waals surface area contributed by atoms with Crippen LogP contribution in [0, 0.1) is 0 Å². The molecule has 5 rings (SSSR count). The van der Waals surface area contributed by atoms with Crippen molar-refractivity contribution < 1.29 is 19.1 Å². The average Bonchev–Trinajstić information content (AvgIpc) is 3.18. The van der Waals surface area contributed by atoms with Gasteiger partial charge in [0.2, 0.25) is 0 Å². The van der Waals surface area contributed by atoms with Crippen molar-refractivity contribution in [2.24, 2.45) is 0 Å². The first-order valence-electron chi connectivity index (χ1n) is 9.48. The zero-order chi connectivity index (χ0) is 18.5. The third-order valence-corrected chi connectivity index (χ3v) is 6.07. The van der Waals surface area contributed by atoms with E-state index in [-0.39, 0.29) is 0 Å². The van der Waals surface area contributed by atoms with Crippen LogP contribution in [-0.4, -0.2) is 33.9 Å². The van der Waals surface area contributed by atoms with Gasteiger partial charge in [0.05, 0.1) is 27.9 Å². The Kier molecular flexibility index (Phi) is 3.76. The van der Waals surface area contributed by atoms with Crippen LogP contribution < -0.4 is 29.5 Å². The van der Waals surface area contributed by atoms with Crippen LogP contribution in [0.5, 0.6) is 17.2 Å². The topological polar surface area (TPSA) is 32.1 Å². The molecule has 1 N–H and O–H groups in total. The first-order valence-corrected chi connectivity index (χ1v) is 9.48. The summed E-state index contributed by atoms with van der Waals surface area (Å²) in [4.78, 5) is 1.56. The van der Waals surface area contributed by atoms with Crippen LogP contribution in [0.15, 0.2) is 30.3 Å². The van der Waals surface area contributed by atoms with Gasteiger partial charge in [0.1, 0.15) is 18.0 Å². The third kappa shape index (κ3) is 2.40. The van der Waals surface area contributed by atoms with E-state index in [2.05, 4.69) is 42.6 Å². The van der Waals surface area contributed by atoms with Crippen molar-refractivity contribution in [1.29, 1.82) is 0 Å². The molecule has 2 unspecified atom stereocenters. The predicted octanol–water partition coefficient (Wildman–Crippen LogP) is 1.60. The number of fused-ring (bicyclic) bond motifs is 7. The zero-order valence-electron chi connectivity index (χ0n) is 16.0. The van der Waals surface area contributed by atoms with E-state index in [1.165, 1.54) is 51.4 Å². The van der Waals surface area contributed by atoms with Gasteiger partial charge >= 0.3 is 0 Å². The molecule has 0 aromatic heterocycles. The van der Waals surface area contributed by atoms with Crippen LogP contribution in [0.2, 0.25) is 0 Å². The van der Waals surface area contributed by atoms with Crippen LogP contribution in [0.25, 0.3) is 33.8 Å². The summed E-state index contributed by atoms with van der Waals surface area (Å²) in [5.74, 6) is 2.38. The molecule has 4 nitrogen and oxygen atoms in total. The van der Waals surface area contributed by atoms with Crippen LogP contribution in [0.4, 0.5) is 0 Å². The van der Waals surface area contributed by atoms with Crippen molar-refractivity contribution in [2.45, 2.75) is 18.9 Å². The largest absolute Gasteiger partial charge is 0.497 e. The van der Waals surface area contributed by atoms with E-state index in [0.29, 0.717) is 6.04 Å². The van der Waals surface area contributed by atoms with E-state index in [1.807, 2.05) is 0 Å². The molecule has 0 bridgehead atoms. The van der Waals surface area contributed by atoms with Crippen molar-refractivity contribution in [3.8, 4) is 17.2 Å². The van der Waals surface area contributed by atoms with Crippen molar-refractivity contribution in [3.63, 3.8) is 0 Å². The molecule has 3 aromatic rings. The van der Waals surface area contributed by atoms with Crippen molar-refractivity contribution in [1.82, 2.24) is 0 Å². The van der Waals surface area contributed by atoms with Gasteiger partial charge in [-0.2, -0.15) is 0 Å². The molecule has 138 valence electrons. The number of methoxy groups -OCH3 is 3. The lowest BCUT2D eigenvalue weighted by Gasteiger charge is -2.20. The van der Waals surface area contributed by atoms with Gasteiger partial charge in [-0.05, 0) is 57.1 Å². The fourth-order valence-corrected chi connectivity index (χ4v) is 4.71. The zero-order valence-corrected chi connectivity index (χ0v) is 16.0. The predicted molar refractivity (Wildman–Crippen MR) is 108 cm³/mol. The Morgan fingerprint density at radius 3 is 2.30 bits per heavy atom. The summed E-state index contributed by atoms with van der Waals surface area (Å²) in [7, 11) is 5.09. The normalized spacial score (nSPS) is 20.6. The fraction of sp³-hybridized carbons (Fsp3) is 0.304. The van der Waals surface area contributed by atoms with Crippen LogP contribution in [-0.2, 0) is 0 Å². The molecule has 2 aliphatic heterocycles. The highest BCUT2D eigenvalue weighted by atomic mass is 16.5. The second-order valence-electron chi connectivity index (χ2n) is 7.38. The summed E-state index contributed by atoms with van der Waals surface area (Å²) >= 11 is 0. The Labute approximate surface area is 158 Å².